The van der Waals surface area contributed by atoms with Gasteiger partial charge < -0.3 is 29.3 Å². The summed E-state index contributed by atoms with van der Waals surface area (Å²) in [6.45, 7) is 5.68. The molecule has 8 nitrogen and oxygen atoms in total. The summed E-state index contributed by atoms with van der Waals surface area (Å²) in [4.78, 5) is 15.9. The third kappa shape index (κ3) is 6.53. The standard InChI is InChI=1S/C21H29N3O5/c1-14-6-7-16(19(10-14)28-9-8-26-4)12-23-21(22-3)24-13-17-11-18(15(2)29-17)20(25)27-5/h6-7,10-11H,8-9,12-13H2,1-5H3,(H2,22,23,24). The van der Waals surface area contributed by atoms with Crippen molar-refractivity contribution in [3.05, 3.63) is 52.5 Å². The molecule has 0 aliphatic rings. The second kappa shape index (κ2) is 11.1. The second-order valence-corrected chi connectivity index (χ2v) is 6.41. The van der Waals surface area contributed by atoms with E-state index in [-0.39, 0.29) is 0 Å². The number of ether oxygens (including phenoxy) is 3. The summed E-state index contributed by atoms with van der Waals surface area (Å²) in [6.07, 6.45) is 0. The van der Waals surface area contributed by atoms with Crippen LogP contribution in [-0.2, 0) is 22.6 Å². The number of benzene rings is 1. The maximum absolute atomic E-state index is 11.7. The third-order valence-corrected chi connectivity index (χ3v) is 4.24. The van der Waals surface area contributed by atoms with Crippen molar-refractivity contribution in [1.29, 1.82) is 0 Å². The largest absolute Gasteiger partial charge is 0.491 e. The first-order chi connectivity index (χ1) is 14.0. The minimum Gasteiger partial charge on any atom is -0.491 e. The number of aliphatic imine (C=N–C) groups is 1. The van der Waals surface area contributed by atoms with Gasteiger partial charge in [-0.25, -0.2) is 4.79 Å². The molecule has 158 valence electrons. The summed E-state index contributed by atoms with van der Waals surface area (Å²) in [7, 11) is 4.68. The second-order valence-electron chi connectivity index (χ2n) is 6.41. The van der Waals surface area contributed by atoms with Gasteiger partial charge in [0.1, 0.15) is 29.4 Å². The quantitative estimate of drug-likeness (QED) is 0.288. The van der Waals surface area contributed by atoms with Crippen molar-refractivity contribution in [2.24, 2.45) is 4.99 Å². The first kappa shape index (κ1) is 22.3. The van der Waals surface area contributed by atoms with E-state index in [4.69, 9.17) is 18.6 Å². The number of methoxy groups -OCH3 is 2. The Morgan fingerprint density at radius 2 is 1.86 bits per heavy atom. The molecule has 0 fully saturated rings. The molecule has 2 rings (SSSR count). The first-order valence-corrected chi connectivity index (χ1v) is 9.31. The van der Waals surface area contributed by atoms with E-state index in [2.05, 4.69) is 15.6 Å². The fourth-order valence-corrected chi connectivity index (χ4v) is 2.69. The molecule has 0 aliphatic carbocycles. The van der Waals surface area contributed by atoms with Gasteiger partial charge in [0.2, 0.25) is 0 Å². The van der Waals surface area contributed by atoms with Gasteiger partial charge in [0.15, 0.2) is 5.96 Å². The zero-order valence-electron chi connectivity index (χ0n) is 17.6. The SMILES string of the molecule is CN=C(NCc1cc(C(=O)OC)c(C)o1)NCc1ccc(C)cc1OCCOC. The fraction of sp³-hybridized carbons (Fsp3) is 0.429. The number of rotatable bonds is 9. The van der Waals surface area contributed by atoms with Crippen molar-refractivity contribution in [3.8, 4) is 5.75 Å². The molecule has 0 unspecified atom stereocenters. The molecule has 0 saturated carbocycles. The van der Waals surface area contributed by atoms with E-state index in [1.165, 1.54) is 7.11 Å². The maximum Gasteiger partial charge on any atom is 0.341 e. The number of hydrogen-bond donors (Lipinski definition) is 2. The average Bonchev–Trinajstić information content (AvgIpc) is 3.09. The smallest absolute Gasteiger partial charge is 0.341 e. The minimum absolute atomic E-state index is 0.378. The molecule has 0 amide bonds. The molecule has 0 radical (unpaired) electrons. The van der Waals surface area contributed by atoms with Crippen molar-refractivity contribution in [1.82, 2.24) is 10.6 Å². The lowest BCUT2D eigenvalue weighted by molar-refractivity contribution is 0.0599. The first-order valence-electron chi connectivity index (χ1n) is 9.31. The summed E-state index contributed by atoms with van der Waals surface area (Å²) in [5.74, 6) is 2.13. The number of guanidine groups is 1. The van der Waals surface area contributed by atoms with Gasteiger partial charge in [-0.15, -0.1) is 0 Å². The van der Waals surface area contributed by atoms with Crippen molar-refractivity contribution in [2.75, 3.05) is 34.5 Å². The zero-order valence-corrected chi connectivity index (χ0v) is 17.6. The van der Waals surface area contributed by atoms with E-state index in [1.54, 1.807) is 27.1 Å². The molecule has 1 aromatic carbocycles. The molecule has 1 aromatic heterocycles. The molecule has 0 spiro atoms. The molecular formula is C21H29N3O5. The monoisotopic (exact) mass is 403 g/mol. The van der Waals surface area contributed by atoms with Crippen LogP contribution in [0.3, 0.4) is 0 Å². The number of furan rings is 1. The lowest BCUT2D eigenvalue weighted by Gasteiger charge is -2.15. The lowest BCUT2D eigenvalue weighted by atomic mass is 10.1. The van der Waals surface area contributed by atoms with Crippen LogP contribution in [0.15, 0.2) is 33.7 Å². The van der Waals surface area contributed by atoms with E-state index < -0.39 is 5.97 Å². The Morgan fingerprint density at radius 1 is 1.10 bits per heavy atom. The number of aryl methyl sites for hydroxylation is 2. The van der Waals surface area contributed by atoms with Crippen LogP contribution in [0.1, 0.15) is 33.0 Å². The van der Waals surface area contributed by atoms with Gasteiger partial charge >= 0.3 is 5.97 Å². The highest BCUT2D eigenvalue weighted by atomic mass is 16.5. The topological polar surface area (TPSA) is 94.3 Å². The molecule has 2 N–H and O–H groups in total. The average molecular weight is 403 g/mol. The van der Waals surface area contributed by atoms with Crippen molar-refractivity contribution >= 4 is 11.9 Å². The van der Waals surface area contributed by atoms with E-state index >= 15 is 0 Å². The predicted octanol–water partition coefficient (Wildman–Crippen LogP) is 2.57. The Morgan fingerprint density at radius 3 is 2.55 bits per heavy atom. The van der Waals surface area contributed by atoms with Gasteiger partial charge in [-0.2, -0.15) is 0 Å². The van der Waals surface area contributed by atoms with Crippen LogP contribution in [0.5, 0.6) is 5.75 Å². The summed E-state index contributed by atoms with van der Waals surface area (Å²) < 4.78 is 21.2. The number of esters is 1. The van der Waals surface area contributed by atoms with E-state index in [9.17, 15) is 4.79 Å². The molecular weight excluding hydrogens is 374 g/mol. The van der Waals surface area contributed by atoms with E-state index in [0.29, 0.717) is 49.3 Å². The zero-order chi connectivity index (χ0) is 21.2. The highest BCUT2D eigenvalue weighted by molar-refractivity contribution is 5.90. The van der Waals surface area contributed by atoms with Crippen LogP contribution in [0.4, 0.5) is 0 Å². The van der Waals surface area contributed by atoms with Crippen LogP contribution in [-0.4, -0.2) is 46.4 Å². The summed E-state index contributed by atoms with van der Waals surface area (Å²) in [6, 6.07) is 7.73. The Balaban J connectivity index is 1.95. The van der Waals surface area contributed by atoms with Crippen molar-refractivity contribution in [2.45, 2.75) is 26.9 Å². The molecule has 29 heavy (non-hydrogen) atoms. The Bertz CT molecular complexity index is 845. The highest BCUT2D eigenvalue weighted by Gasteiger charge is 2.15. The van der Waals surface area contributed by atoms with Gasteiger partial charge in [-0.05, 0) is 31.5 Å². The number of nitrogens with zero attached hydrogens (tertiary/aromatic N) is 1. The van der Waals surface area contributed by atoms with Crippen LogP contribution in [0.2, 0.25) is 0 Å². The van der Waals surface area contributed by atoms with Crippen LogP contribution >= 0.6 is 0 Å². The van der Waals surface area contributed by atoms with E-state index in [1.807, 2.05) is 25.1 Å². The van der Waals surface area contributed by atoms with E-state index in [0.717, 1.165) is 16.9 Å². The molecule has 0 bridgehead atoms. The van der Waals surface area contributed by atoms with Crippen LogP contribution in [0.25, 0.3) is 0 Å². The fourth-order valence-electron chi connectivity index (χ4n) is 2.69. The van der Waals surface area contributed by atoms with Gasteiger partial charge in [0.25, 0.3) is 0 Å². The normalized spacial score (nSPS) is 11.3. The molecule has 0 saturated heterocycles. The maximum atomic E-state index is 11.7. The third-order valence-electron chi connectivity index (χ3n) is 4.24. The molecule has 1 heterocycles. The number of carbonyl (C=O) groups is 1. The van der Waals surface area contributed by atoms with Gasteiger partial charge in [0, 0.05) is 26.3 Å². The molecule has 0 atom stereocenters. The predicted molar refractivity (Wildman–Crippen MR) is 110 cm³/mol. The van der Waals surface area contributed by atoms with Crippen molar-refractivity contribution < 1.29 is 23.4 Å². The minimum atomic E-state index is -0.416. The van der Waals surface area contributed by atoms with Crippen LogP contribution < -0.4 is 15.4 Å². The lowest BCUT2D eigenvalue weighted by Crippen LogP contribution is -2.36. The Kier molecular flexibility index (Phi) is 8.54. The number of nitrogens with one attached hydrogen (secondary N) is 2. The van der Waals surface area contributed by atoms with Gasteiger partial charge in [0.05, 0.1) is 20.3 Å². The number of hydrogen-bond acceptors (Lipinski definition) is 6. The Labute approximate surface area is 171 Å². The van der Waals surface area contributed by atoms with Crippen molar-refractivity contribution in [3.63, 3.8) is 0 Å². The van der Waals surface area contributed by atoms with Gasteiger partial charge in [-0.3, -0.25) is 4.99 Å². The molecule has 2 aromatic rings. The van der Waals surface area contributed by atoms with Crippen LogP contribution in [0, 0.1) is 13.8 Å². The number of carbonyl (C=O) groups excluding carboxylic acids is 1. The molecule has 8 heteroatoms. The summed E-state index contributed by atoms with van der Waals surface area (Å²) >= 11 is 0. The Hall–Kier alpha value is -3.00. The highest BCUT2D eigenvalue weighted by Crippen LogP contribution is 2.20. The van der Waals surface area contributed by atoms with Gasteiger partial charge in [-0.1, -0.05) is 12.1 Å². The summed E-state index contributed by atoms with van der Waals surface area (Å²) in [5, 5.41) is 6.42. The molecule has 0 aliphatic heterocycles. The summed E-state index contributed by atoms with van der Waals surface area (Å²) in [5.41, 5.74) is 2.56.